The number of nitrogens with zero attached hydrogens (tertiary/aromatic N) is 1. The molecule has 1 atom stereocenters. The molecule has 1 unspecified atom stereocenters. The second-order valence-corrected chi connectivity index (χ2v) is 8.13. The van der Waals surface area contributed by atoms with Crippen molar-refractivity contribution in [3.8, 4) is 0 Å². The Kier molecular flexibility index (Phi) is 11.6. The molecule has 0 aliphatic heterocycles. The Morgan fingerprint density at radius 1 is 1.00 bits per heavy atom. The van der Waals surface area contributed by atoms with Gasteiger partial charge in [0, 0.05) is 19.0 Å². The fourth-order valence-electron chi connectivity index (χ4n) is 4.08. The average Bonchev–Trinajstić information content (AvgIpc) is 2.67. The number of rotatable bonds is 12. The van der Waals surface area contributed by atoms with Crippen LogP contribution in [0.2, 0.25) is 0 Å². The minimum atomic E-state index is -0.254. The van der Waals surface area contributed by atoms with Crippen LogP contribution < -0.4 is 0 Å². The van der Waals surface area contributed by atoms with Crippen LogP contribution in [0.25, 0.3) is 0 Å². The minimum Gasteiger partial charge on any atom is -0.469 e. The highest BCUT2D eigenvalue weighted by molar-refractivity contribution is 5.80. The van der Waals surface area contributed by atoms with E-state index in [1.807, 2.05) is 11.8 Å². The summed E-state index contributed by atoms with van der Waals surface area (Å²) in [5.41, 5.74) is 0. The summed E-state index contributed by atoms with van der Waals surface area (Å²) in [6.45, 7) is 7.57. The van der Waals surface area contributed by atoms with Crippen LogP contribution in [0, 0.1) is 17.8 Å². The number of amides is 1. The van der Waals surface area contributed by atoms with Gasteiger partial charge in [0.1, 0.15) is 0 Å². The first-order valence-electron chi connectivity index (χ1n) is 10.9. The molecule has 0 saturated heterocycles. The average molecular weight is 368 g/mol. The first kappa shape index (κ1) is 23.0. The van der Waals surface area contributed by atoms with Gasteiger partial charge >= 0.3 is 5.97 Å². The van der Waals surface area contributed by atoms with E-state index in [0.717, 1.165) is 38.1 Å². The van der Waals surface area contributed by atoms with Crippen molar-refractivity contribution in [1.29, 1.82) is 0 Å². The number of ether oxygens (including phenoxy) is 1. The van der Waals surface area contributed by atoms with E-state index >= 15 is 0 Å². The summed E-state index contributed by atoms with van der Waals surface area (Å²) in [4.78, 5) is 26.9. The topological polar surface area (TPSA) is 46.6 Å². The van der Waals surface area contributed by atoms with Gasteiger partial charge in [-0.2, -0.15) is 0 Å². The third-order valence-electron chi connectivity index (χ3n) is 5.85. The van der Waals surface area contributed by atoms with Crippen molar-refractivity contribution in [1.82, 2.24) is 4.90 Å². The van der Waals surface area contributed by atoms with Gasteiger partial charge in [-0.15, -0.1) is 0 Å². The first-order chi connectivity index (χ1) is 12.5. The molecule has 0 aromatic carbocycles. The molecule has 1 aliphatic carbocycles. The summed E-state index contributed by atoms with van der Waals surface area (Å²) in [6, 6.07) is 0. The summed E-state index contributed by atoms with van der Waals surface area (Å²) in [5.74, 6) is 0.761. The monoisotopic (exact) mass is 367 g/mol. The molecule has 1 rings (SSSR count). The number of methoxy groups -OCH3 is 1. The van der Waals surface area contributed by atoms with Gasteiger partial charge in [-0.1, -0.05) is 59.3 Å². The van der Waals surface area contributed by atoms with Crippen molar-refractivity contribution in [3.05, 3.63) is 0 Å². The first-order valence-corrected chi connectivity index (χ1v) is 10.9. The van der Waals surface area contributed by atoms with Crippen LogP contribution >= 0.6 is 0 Å². The van der Waals surface area contributed by atoms with E-state index in [2.05, 4.69) is 13.8 Å². The van der Waals surface area contributed by atoms with Crippen molar-refractivity contribution in [2.75, 3.05) is 20.2 Å². The van der Waals surface area contributed by atoms with Gasteiger partial charge < -0.3 is 9.64 Å². The molecule has 0 N–H and O–H groups in total. The summed E-state index contributed by atoms with van der Waals surface area (Å²) < 4.78 is 4.86. The fraction of sp³-hybridized carbons (Fsp3) is 0.909. The van der Waals surface area contributed by atoms with Gasteiger partial charge in [-0.05, 0) is 38.0 Å². The summed E-state index contributed by atoms with van der Waals surface area (Å²) in [6.07, 6.45) is 12.9. The van der Waals surface area contributed by atoms with Crippen LogP contribution in [0.15, 0.2) is 0 Å². The van der Waals surface area contributed by atoms with Crippen molar-refractivity contribution < 1.29 is 14.3 Å². The molecule has 0 spiro atoms. The Bertz CT molecular complexity index is 402. The van der Waals surface area contributed by atoms with Gasteiger partial charge in [-0.25, -0.2) is 0 Å². The molecule has 0 radical (unpaired) electrons. The summed E-state index contributed by atoms with van der Waals surface area (Å²) in [7, 11) is 1.42. The predicted molar refractivity (Wildman–Crippen MR) is 107 cm³/mol. The third-order valence-corrected chi connectivity index (χ3v) is 5.85. The van der Waals surface area contributed by atoms with Gasteiger partial charge in [0.05, 0.1) is 13.0 Å². The van der Waals surface area contributed by atoms with E-state index < -0.39 is 0 Å². The van der Waals surface area contributed by atoms with Gasteiger partial charge in [0.15, 0.2) is 0 Å². The molecule has 4 nitrogen and oxygen atoms in total. The SMILES string of the molecule is CCCCCCN(CC(C)C(=O)OC)C(=O)C1CCC(CCCC)CC1. The Morgan fingerprint density at radius 3 is 2.23 bits per heavy atom. The maximum atomic E-state index is 13.1. The van der Waals surface area contributed by atoms with Crippen LogP contribution in [-0.2, 0) is 14.3 Å². The zero-order valence-corrected chi connectivity index (χ0v) is 17.6. The molecular weight excluding hydrogens is 326 g/mol. The molecule has 1 fully saturated rings. The molecule has 4 heteroatoms. The smallest absolute Gasteiger partial charge is 0.310 e. The largest absolute Gasteiger partial charge is 0.469 e. The van der Waals surface area contributed by atoms with Crippen LogP contribution in [0.1, 0.15) is 91.4 Å². The maximum Gasteiger partial charge on any atom is 0.310 e. The lowest BCUT2D eigenvalue weighted by Crippen LogP contribution is -2.42. The normalized spacial score (nSPS) is 21.2. The van der Waals surface area contributed by atoms with Crippen LogP contribution in [0.4, 0.5) is 0 Å². The number of unbranched alkanes of at least 4 members (excludes halogenated alkanes) is 4. The van der Waals surface area contributed by atoms with Crippen LogP contribution in [0.5, 0.6) is 0 Å². The van der Waals surface area contributed by atoms with Crippen LogP contribution in [0.3, 0.4) is 0 Å². The molecule has 1 saturated carbocycles. The maximum absolute atomic E-state index is 13.1. The number of carbonyl (C=O) groups excluding carboxylic acids is 2. The van der Waals surface area contributed by atoms with Crippen LogP contribution in [-0.4, -0.2) is 37.0 Å². The standard InChI is InChI=1S/C22H41NO3/c1-5-7-9-10-16-23(17-18(3)22(25)26-4)21(24)20-14-12-19(13-15-20)11-8-6-2/h18-20H,5-17H2,1-4H3. The van der Waals surface area contributed by atoms with Crippen molar-refractivity contribution >= 4 is 11.9 Å². The zero-order chi connectivity index (χ0) is 19.4. The van der Waals surface area contributed by atoms with Gasteiger partial charge in [0.2, 0.25) is 5.91 Å². The Morgan fingerprint density at radius 2 is 1.65 bits per heavy atom. The van der Waals surface area contributed by atoms with Crippen molar-refractivity contribution in [2.24, 2.45) is 17.8 Å². The Labute approximate surface area is 161 Å². The van der Waals surface area contributed by atoms with Gasteiger partial charge in [-0.3, -0.25) is 9.59 Å². The van der Waals surface area contributed by atoms with Gasteiger partial charge in [0.25, 0.3) is 0 Å². The molecule has 0 bridgehead atoms. The molecule has 152 valence electrons. The predicted octanol–water partition coefficient (Wildman–Crippen LogP) is 5.20. The lowest BCUT2D eigenvalue weighted by atomic mass is 9.79. The summed E-state index contributed by atoms with van der Waals surface area (Å²) >= 11 is 0. The molecule has 1 aliphatic rings. The van der Waals surface area contributed by atoms with E-state index in [0.29, 0.717) is 6.54 Å². The number of esters is 1. The highest BCUT2D eigenvalue weighted by Gasteiger charge is 2.30. The highest BCUT2D eigenvalue weighted by Crippen LogP contribution is 2.33. The highest BCUT2D eigenvalue weighted by atomic mass is 16.5. The molecule has 0 aromatic heterocycles. The van der Waals surface area contributed by atoms with Crippen molar-refractivity contribution in [3.63, 3.8) is 0 Å². The van der Waals surface area contributed by atoms with E-state index in [-0.39, 0.29) is 23.7 Å². The zero-order valence-electron chi connectivity index (χ0n) is 17.6. The van der Waals surface area contributed by atoms with E-state index in [4.69, 9.17) is 4.74 Å². The second-order valence-electron chi connectivity index (χ2n) is 8.13. The fourth-order valence-corrected chi connectivity index (χ4v) is 4.08. The van der Waals surface area contributed by atoms with Crippen molar-refractivity contribution in [2.45, 2.75) is 91.4 Å². The Hall–Kier alpha value is -1.06. The van der Waals surface area contributed by atoms with E-state index in [9.17, 15) is 9.59 Å². The molecule has 1 amide bonds. The quantitative estimate of drug-likeness (QED) is 0.352. The molecule has 0 heterocycles. The molecule has 0 aromatic rings. The minimum absolute atomic E-state index is 0.156. The van der Waals surface area contributed by atoms with E-state index in [1.165, 1.54) is 52.1 Å². The number of carbonyl (C=O) groups is 2. The number of hydrogen-bond acceptors (Lipinski definition) is 3. The Balaban J connectivity index is 2.57. The number of hydrogen-bond donors (Lipinski definition) is 0. The second kappa shape index (κ2) is 13.2. The molecular formula is C22H41NO3. The third kappa shape index (κ3) is 8.09. The molecule has 26 heavy (non-hydrogen) atoms. The summed E-state index contributed by atoms with van der Waals surface area (Å²) in [5, 5.41) is 0. The van der Waals surface area contributed by atoms with E-state index in [1.54, 1.807) is 0 Å². The lowest BCUT2D eigenvalue weighted by molar-refractivity contribution is -0.147. The lowest BCUT2D eigenvalue weighted by Gasteiger charge is -2.33.